The zero-order chi connectivity index (χ0) is 23.4. The Hall–Kier alpha value is -3.46. The molecule has 0 saturated heterocycles. The number of fused-ring (bicyclic) bond motifs is 1. The molecule has 2 aromatic carbocycles. The van der Waals surface area contributed by atoms with Crippen molar-refractivity contribution in [3.05, 3.63) is 88.3 Å². The first-order valence-electron chi connectivity index (χ1n) is 10.4. The zero-order valence-electron chi connectivity index (χ0n) is 18.1. The quantitative estimate of drug-likeness (QED) is 0.278. The van der Waals surface area contributed by atoms with Crippen LogP contribution < -0.4 is 15.7 Å². The van der Waals surface area contributed by atoms with Gasteiger partial charge in [-0.05, 0) is 29.7 Å². The molecule has 0 fully saturated rings. The number of benzene rings is 2. The van der Waals surface area contributed by atoms with Gasteiger partial charge in [-0.2, -0.15) is 0 Å². The third kappa shape index (κ3) is 5.48. The number of nitrogens with zero attached hydrogens (tertiary/aromatic N) is 3. The van der Waals surface area contributed by atoms with Crippen molar-refractivity contribution in [1.29, 1.82) is 0 Å². The van der Waals surface area contributed by atoms with Crippen LogP contribution in [0.3, 0.4) is 0 Å². The number of ether oxygens (including phenoxy) is 1. The first kappa shape index (κ1) is 22.7. The average Bonchev–Trinajstić information content (AvgIpc) is 2.80. The summed E-state index contributed by atoms with van der Waals surface area (Å²) in [6, 6.07) is 14.3. The Morgan fingerprint density at radius 2 is 1.88 bits per heavy atom. The van der Waals surface area contributed by atoms with E-state index in [9.17, 15) is 13.6 Å². The van der Waals surface area contributed by atoms with E-state index in [4.69, 9.17) is 4.74 Å². The highest BCUT2D eigenvalue weighted by Crippen LogP contribution is 2.26. The zero-order valence-corrected chi connectivity index (χ0v) is 18.9. The molecule has 0 saturated carbocycles. The lowest BCUT2D eigenvalue weighted by Gasteiger charge is -2.16. The van der Waals surface area contributed by atoms with Crippen molar-refractivity contribution in [3.8, 4) is 11.5 Å². The number of pyridine rings is 1. The van der Waals surface area contributed by atoms with Gasteiger partial charge in [0, 0.05) is 29.9 Å². The molecule has 33 heavy (non-hydrogen) atoms. The van der Waals surface area contributed by atoms with Crippen LogP contribution in [0.2, 0.25) is 0 Å². The fourth-order valence-corrected chi connectivity index (χ4v) is 3.79. The van der Waals surface area contributed by atoms with Crippen LogP contribution in [0.4, 0.5) is 8.78 Å². The van der Waals surface area contributed by atoms with Gasteiger partial charge in [-0.1, -0.05) is 55.9 Å². The lowest BCUT2D eigenvalue weighted by Crippen LogP contribution is -2.32. The summed E-state index contributed by atoms with van der Waals surface area (Å²) in [5, 5.41) is 1.05. The number of hydrogen-bond donors (Lipinski definition) is 1. The van der Waals surface area contributed by atoms with Gasteiger partial charge in [0.2, 0.25) is 0 Å². The van der Waals surface area contributed by atoms with Gasteiger partial charge in [0.05, 0.1) is 0 Å². The molecule has 0 aliphatic carbocycles. The highest BCUT2D eigenvalue weighted by Gasteiger charge is 2.16. The second-order valence-electron chi connectivity index (χ2n) is 7.79. The molecule has 2 aromatic heterocycles. The van der Waals surface area contributed by atoms with Crippen LogP contribution >= 0.6 is 11.8 Å². The van der Waals surface area contributed by atoms with Crippen molar-refractivity contribution in [3.63, 3.8) is 0 Å². The molecule has 4 aromatic rings. The van der Waals surface area contributed by atoms with Crippen molar-refractivity contribution in [1.82, 2.24) is 14.6 Å². The molecular formula is C24H22F2N4O2S. The maximum atomic E-state index is 14.1. The van der Waals surface area contributed by atoms with Crippen molar-refractivity contribution in [2.24, 2.45) is 5.92 Å². The van der Waals surface area contributed by atoms with Gasteiger partial charge in [-0.3, -0.25) is 4.79 Å². The molecule has 9 heteroatoms. The topological polar surface area (TPSA) is 69.0 Å². The summed E-state index contributed by atoms with van der Waals surface area (Å²) in [5.74, 6) is -1.08. The smallest absolute Gasteiger partial charge is 0.313 e. The van der Waals surface area contributed by atoms with E-state index in [2.05, 4.69) is 15.4 Å². The molecule has 0 bridgehead atoms. The summed E-state index contributed by atoms with van der Waals surface area (Å²) in [7, 11) is 0. The van der Waals surface area contributed by atoms with Gasteiger partial charge < -0.3 is 10.2 Å². The third-order valence-electron chi connectivity index (χ3n) is 4.67. The Morgan fingerprint density at radius 1 is 1.09 bits per heavy atom. The van der Waals surface area contributed by atoms with Crippen molar-refractivity contribution in [2.75, 3.05) is 12.0 Å². The number of aromatic nitrogens is 3. The normalized spacial score (nSPS) is 11.2. The lowest BCUT2D eigenvalue weighted by molar-refractivity contribution is 0.430. The second kappa shape index (κ2) is 9.99. The SMILES string of the molecule is CC(C)CNn1c(=O)c(Oc2ccc(F)cc2F)cc2cnc(SCc3ccccc3)nc21. The number of thioether (sulfide) groups is 1. The average molecular weight is 469 g/mol. The van der Waals surface area contributed by atoms with Crippen molar-refractivity contribution < 1.29 is 13.5 Å². The number of rotatable bonds is 8. The van der Waals surface area contributed by atoms with Crippen LogP contribution in [-0.2, 0) is 5.75 Å². The largest absolute Gasteiger partial charge is 0.448 e. The Morgan fingerprint density at radius 3 is 2.61 bits per heavy atom. The van der Waals surface area contributed by atoms with E-state index < -0.39 is 17.2 Å². The molecule has 170 valence electrons. The van der Waals surface area contributed by atoms with E-state index in [1.165, 1.54) is 22.5 Å². The van der Waals surface area contributed by atoms with E-state index in [1.807, 2.05) is 44.2 Å². The Labute approximate surface area is 193 Å². The minimum absolute atomic E-state index is 0.127. The molecular weight excluding hydrogens is 446 g/mol. The first-order chi connectivity index (χ1) is 15.9. The Bertz CT molecular complexity index is 1330. The molecule has 0 spiro atoms. The number of hydrogen-bond acceptors (Lipinski definition) is 6. The van der Waals surface area contributed by atoms with Gasteiger partial charge in [-0.15, -0.1) is 0 Å². The molecule has 2 heterocycles. The highest BCUT2D eigenvalue weighted by molar-refractivity contribution is 7.98. The fourth-order valence-electron chi connectivity index (χ4n) is 3.02. The monoisotopic (exact) mass is 468 g/mol. The third-order valence-corrected chi connectivity index (χ3v) is 5.60. The van der Waals surface area contributed by atoms with Crippen LogP contribution in [0.5, 0.6) is 11.5 Å². The predicted octanol–water partition coefficient (Wildman–Crippen LogP) is 5.35. The summed E-state index contributed by atoms with van der Waals surface area (Å²) in [4.78, 5) is 22.2. The standard InChI is InChI=1S/C24H22F2N4O2S/c1-15(2)12-28-30-22-17(13-27-24(29-22)33-14-16-6-4-3-5-7-16)10-21(23(30)31)32-20-9-8-18(25)11-19(20)26/h3-11,13,15,28H,12,14H2,1-2H3. The van der Waals surface area contributed by atoms with Crippen LogP contribution in [0, 0.1) is 17.6 Å². The number of nitrogens with one attached hydrogen (secondary N) is 1. The molecule has 0 atom stereocenters. The summed E-state index contributed by atoms with van der Waals surface area (Å²) in [5.41, 5.74) is 4.06. The second-order valence-corrected chi connectivity index (χ2v) is 8.73. The molecule has 0 radical (unpaired) electrons. The summed E-state index contributed by atoms with van der Waals surface area (Å²) in [6.45, 7) is 4.51. The maximum Gasteiger partial charge on any atom is 0.313 e. The van der Waals surface area contributed by atoms with Gasteiger partial charge in [0.25, 0.3) is 0 Å². The van der Waals surface area contributed by atoms with E-state index in [-0.39, 0.29) is 17.4 Å². The molecule has 4 rings (SSSR count). The van der Waals surface area contributed by atoms with Crippen LogP contribution in [0.1, 0.15) is 19.4 Å². The van der Waals surface area contributed by atoms with Gasteiger partial charge in [0.1, 0.15) is 5.82 Å². The van der Waals surface area contributed by atoms with Gasteiger partial charge >= 0.3 is 5.56 Å². The molecule has 0 unspecified atom stereocenters. The fraction of sp³-hybridized carbons (Fsp3) is 0.208. The van der Waals surface area contributed by atoms with E-state index in [0.29, 0.717) is 34.6 Å². The Kier molecular flexibility index (Phi) is 6.88. The summed E-state index contributed by atoms with van der Waals surface area (Å²) in [6.07, 6.45) is 1.59. The number of halogens is 2. The molecule has 0 aliphatic heterocycles. The van der Waals surface area contributed by atoms with E-state index in [1.54, 1.807) is 6.20 Å². The Balaban J connectivity index is 1.71. The predicted molar refractivity (Wildman–Crippen MR) is 125 cm³/mol. The van der Waals surface area contributed by atoms with Gasteiger partial charge in [-0.25, -0.2) is 23.4 Å². The highest BCUT2D eigenvalue weighted by atomic mass is 32.2. The summed E-state index contributed by atoms with van der Waals surface area (Å²) < 4.78 is 34.1. The molecule has 0 aliphatic rings. The first-order valence-corrected chi connectivity index (χ1v) is 11.4. The minimum atomic E-state index is -0.903. The molecule has 1 N–H and O–H groups in total. The van der Waals surface area contributed by atoms with Crippen LogP contribution in [0.25, 0.3) is 11.0 Å². The van der Waals surface area contributed by atoms with E-state index >= 15 is 0 Å². The molecule has 6 nitrogen and oxygen atoms in total. The van der Waals surface area contributed by atoms with Crippen LogP contribution in [0.15, 0.2) is 70.7 Å². The minimum Gasteiger partial charge on any atom is -0.448 e. The van der Waals surface area contributed by atoms with Crippen molar-refractivity contribution in [2.45, 2.75) is 24.8 Å². The van der Waals surface area contributed by atoms with Crippen LogP contribution in [-0.4, -0.2) is 21.2 Å². The van der Waals surface area contributed by atoms with Gasteiger partial charge in [0.15, 0.2) is 28.1 Å². The molecule has 0 amide bonds. The lowest BCUT2D eigenvalue weighted by atomic mass is 10.2. The summed E-state index contributed by atoms with van der Waals surface area (Å²) >= 11 is 1.46. The van der Waals surface area contributed by atoms with Crippen molar-refractivity contribution >= 4 is 22.8 Å². The maximum absolute atomic E-state index is 14.1. The van der Waals surface area contributed by atoms with E-state index in [0.717, 1.165) is 17.7 Å².